The first-order valence-corrected chi connectivity index (χ1v) is 7.44. The quantitative estimate of drug-likeness (QED) is 0.569. The molecular formula is C18H23F. The average Bonchev–Trinajstić information content (AvgIpc) is 2.45. The lowest BCUT2D eigenvalue weighted by Crippen LogP contribution is -2.00. The van der Waals surface area contributed by atoms with Crippen molar-refractivity contribution in [3.8, 4) is 0 Å². The van der Waals surface area contributed by atoms with Gasteiger partial charge in [0.15, 0.2) is 0 Å². The van der Waals surface area contributed by atoms with Gasteiger partial charge in [0.25, 0.3) is 0 Å². The molecule has 0 bridgehead atoms. The molecule has 1 aromatic rings. The fourth-order valence-corrected chi connectivity index (χ4v) is 2.57. The maximum Gasteiger partial charge on any atom is 0.123 e. The summed E-state index contributed by atoms with van der Waals surface area (Å²) in [5, 5.41) is 0. The second kappa shape index (κ2) is 7.28. The van der Waals surface area contributed by atoms with Gasteiger partial charge in [-0.1, -0.05) is 63.0 Å². The summed E-state index contributed by atoms with van der Waals surface area (Å²) in [6.07, 6.45) is 14.6. The van der Waals surface area contributed by atoms with E-state index in [4.69, 9.17) is 0 Å². The molecule has 0 saturated heterocycles. The lowest BCUT2D eigenvalue weighted by molar-refractivity contribution is 0.532. The fourth-order valence-electron chi connectivity index (χ4n) is 2.57. The summed E-state index contributed by atoms with van der Waals surface area (Å²) in [5.41, 5.74) is 2.34. The SMILES string of the molecule is CCCCCCC1C=CC(c2ccc(F)cc2)=CC1. The van der Waals surface area contributed by atoms with E-state index in [0.717, 1.165) is 12.0 Å². The summed E-state index contributed by atoms with van der Waals surface area (Å²) < 4.78 is 12.9. The normalized spacial score (nSPS) is 18.4. The van der Waals surface area contributed by atoms with E-state index in [1.54, 1.807) is 0 Å². The van der Waals surface area contributed by atoms with Gasteiger partial charge in [-0.2, -0.15) is 0 Å². The molecule has 1 heteroatoms. The van der Waals surface area contributed by atoms with Gasteiger partial charge in [0.2, 0.25) is 0 Å². The minimum Gasteiger partial charge on any atom is -0.207 e. The van der Waals surface area contributed by atoms with E-state index < -0.39 is 0 Å². The minimum absolute atomic E-state index is 0.169. The van der Waals surface area contributed by atoms with Crippen molar-refractivity contribution in [1.82, 2.24) is 0 Å². The number of hydrogen-bond donors (Lipinski definition) is 0. The summed E-state index contributed by atoms with van der Waals surface area (Å²) >= 11 is 0. The Morgan fingerprint density at radius 3 is 2.53 bits per heavy atom. The summed E-state index contributed by atoms with van der Waals surface area (Å²) in [4.78, 5) is 0. The van der Waals surface area contributed by atoms with Crippen LogP contribution in [-0.4, -0.2) is 0 Å². The topological polar surface area (TPSA) is 0 Å². The van der Waals surface area contributed by atoms with Gasteiger partial charge in [-0.05, 0) is 42.0 Å². The number of rotatable bonds is 6. The molecule has 0 aromatic heterocycles. The predicted octanol–water partition coefficient (Wildman–Crippen LogP) is 5.76. The molecule has 1 unspecified atom stereocenters. The minimum atomic E-state index is -0.169. The van der Waals surface area contributed by atoms with Gasteiger partial charge in [0.05, 0.1) is 0 Å². The number of hydrogen-bond acceptors (Lipinski definition) is 0. The van der Waals surface area contributed by atoms with Crippen LogP contribution in [0.5, 0.6) is 0 Å². The summed E-state index contributed by atoms with van der Waals surface area (Å²) in [5.74, 6) is 0.527. The molecule has 1 atom stereocenters. The van der Waals surface area contributed by atoms with Crippen LogP contribution < -0.4 is 0 Å². The molecule has 0 nitrogen and oxygen atoms in total. The van der Waals surface area contributed by atoms with Crippen LogP contribution >= 0.6 is 0 Å². The van der Waals surface area contributed by atoms with Gasteiger partial charge in [-0.3, -0.25) is 0 Å². The van der Waals surface area contributed by atoms with Gasteiger partial charge in [0, 0.05) is 0 Å². The van der Waals surface area contributed by atoms with E-state index >= 15 is 0 Å². The highest BCUT2D eigenvalue weighted by atomic mass is 19.1. The molecule has 102 valence electrons. The van der Waals surface area contributed by atoms with E-state index in [-0.39, 0.29) is 5.82 Å². The van der Waals surface area contributed by atoms with Gasteiger partial charge in [-0.25, -0.2) is 4.39 Å². The molecule has 19 heavy (non-hydrogen) atoms. The standard InChI is InChI=1S/C18H23F/c1-2-3-4-5-6-15-7-9-16(10-8-15)17-11-13-18(19)14-12-17/h7,9-15H,2-6,8H2,1H3. The van der Waals surface area contributed by atoms with Crippen molar-refractivity contribution in [2.75, 3.05) is 0 Å². The molecule has 0 fully saturated rings. The number of unbranched alkanes of at least 4 members (excludes halogenated alkanes) is 3. The van der Waals surface area contributed by atoms with E-state index in [9.17, 15) is 4.39 Å². The van der Waals surface area contributed by atoms with Crippen LogP contribution in [0.4, 0.5) is 4.39 Å². The highest BCUT2D eigenvalue weighted by molar-refractivity contribution is 5.74. The van der Waals surface area contributed by atoms with Crippen molar-refractivity contribution in [3.05, 3.63) is 53.9 Å². The van der Waals surface area contributed by atoms with Crippen molar-refractivity contribution in [1.29, 1.82) is 0 Å². The van der Waals surface area contributed by atoms with E-state index in [0.29, 0.717) is 5.92 Å². The van der Waals surface area contributed by atoms with Crippen LogP contribution in [0.15, 0.2) is 42.5 Å². The molecule has 0 aliphatic heterocycles. The van der Waals surface area contributed by atoms with Gasteiger partial charge in [0.1, 0.15) is 5.82 Å². The first kappa shape index (κ1) is 14.0. The molecule has 2 rings (SSSR count). The third kappa shape index (κ3) is 4.34. The monoisotopic (exact) mass is 258 g/mol. The maximum absolute atomic E-state index is 12.9. The zero-order valence-electron chi connectivity index (χ0n) is 11.7. The average molecular weight is 258 g/mol. The second-order valence-corrected chi connectivity index (χ2v) is 5.37. The summed E-state index contributed by atoms with van der Waals surface area (Å²) in [6, 6.07) is 6.77. The highest BCUT2D eigenvalue weighted by Crippen LogP contribution is 2.27. The molecule has 0 radical (unpaired) electrons. The third-order valence-corrected chi connectivity index (χ3v) is 3.79. The Bertz CT molecular complexity index is 439. The molecular weight excluding hydrogens is 235 g/mol. The van der Waals surface area contributed by atoms with Crippen molar-refractivity contribution in [2.45, 2.75) is 45.4 Å². The number of allylic oxidation sites excluding steroid dienone is 4. The molecule has 1 aromatic carbocycles. The third-order valence-electron chi connectivity index (χ3n) is 3.79. The molecule has 0 N–H and O–H groups in total. The predicted molar refractivity (Wildman–Crippen MR) is 80.4 cm³/mol. The van der Waals surface area contributed by atoms with E-state index in [1.807, 2.05) is 12.1 Å². The fraction of sp³-hybridized carbons (Fsp3) is 0.444. The summed E-state index contributed by atoms with van der Waals surface area (Å²) in [7, 11) is 0. The zero-order chi connectivity index (χ0) is 13.5. The Balaban J connectivity index is 1.83. The zero-order valence-corrected chi connectivity index (χ0v) is 11.7. The molecule has 1 aliphatic rings. The number of halogens is 1. The number of benzene rings is 1. The van der Waals surface area contributed by atoms with Crippen LogP contribution in [-0.2, 0) is 0 Å². The maximum atomic E-state index is 12.9. The van der Waals surface area contributed by atoms with Crippen LogP contribution in [0.2, 0.25) is 0 Å². The Kier molecular flexibility index (Phi) is 5.38. The largest absolute Gasteiger partial charge is 0.207 e. The van der Waals surface area contributed by atoms with Gasteiger partial charge < -0.3 is 0 Å². The van der Waals surface area contributed by atoms with Crippen LogP contribution in [0, 0.1) is 11.7 Å². The lowest BCUT2D eigenvalue weighted by Gasteiger charge is -2.16. The first-order chi connectivity index (χ1) is 9.29. The first-order valence-electron chi connectivity index (χ1n) is 7.44. The summed E-state index contributed by atoms with van der Waals surface area (Å²) in [6.45, 7) is 2.25. The van der Waals surface area contributed by atoms with Crippen molar-refractivity contribution < 1.29 is 4.39 Å². The van der Waals surface area contributed by atoms with Gasteiger partial charge >= 0.3 is 0 Å². The molecule has 0 saturated carbocycles. The van der Waals surface area contributed by atoms with Crippen molar-refractivity contribution >= 4 is 5.57 Å². The lowest BCUT2D eigenvalue weighted by atomic mass is 9.89. The van der Waals surface area contributed by atoms with Crippen LogP contribution in [0.1, 0.15) is 51.0 Å². The van der Waals surface area contributed by atoms with Gasteiger partial charge in [-0.15, -0.1) is 0 Å². The molecule has 0 spiro atoms. The Morgan fingerprint density at radius 2 is 1.89 bits per heavy atom. The molecule has 0 amide bonds. The smallest absolute Gasteiger partial charge is 0.123 e. The van der Waals surface area contributed by atoms with Crippen molar-refractivity contribution in [3.63, 3.8) is 0 Å². The van der Waals surface area contributed by atoms with E-state index in [1.165, 1.54) is 49.8 Å². The second-order valence-electron chi connectivity index (χ2n) is 5.37. The van der Waals surface area contributed by atoms with Crippen LogP contribution in [0.3, 0.4) is 0 Å². The van der Waals surface area contributed by atoms with Crippen molar-refractivity contribution in [2.24, 2.45) is 5.92 Å². The Hall–Kier alpha value is -1.37. The van der Waals surface area contributed by atoms with Crippen LogP contribution in [0.25, 0.3) is 5.57 Å². The van der Waals surface area contributed by atoms with E-state index in [2.05, 4.69) is 25.2 Å². The Morgan fingerprint density at radius 1 is 1.11 bits per heavy atom. The molecule has 0 heterocycles. The highest BCUT2D eigenvalue weighted by Gasteiger charge is 2.09. The Labute approximate surface area is 116 Å². The molecule has 1 aliphatic carbocycles.